The molecule has 1 aromatic carbocycles. The zero-order valence-electron chi connectivity index (χ0n) is 15.6. The molecular formula is C19H21F3N4O2. The molecule has 150 valence electrons. The van der Waals surface area contributed by atoms with Crippen LogP contribution in [0.2, 0.25) is 0 Å². The van der Waals surface area contributed by atoms with Crippen molar-refractivity contribution >= 4 is 11.8 Å². The summed E-state index contributed by atoms with van der Waals surface area (Å²) in [6, 6.07) is 4.76. The molecule has 0 saturated carbocycles. The van der Waals surface area contributed by atoms with Gasteiger partial charge in [0.05, 0.1) is 24.2 Å². The summed E-state index contributed by atoms with van der Waals surface area (Å²) in [6.07, 6.45) is -4.20. The van der Waals surface area contributed by atoms with Gasteiger partial charge in [-0.05, 0) is 31.5 Å². The van der Waals surface area contributed by atoms with E-state index in [4.69, 9.17) is 0 Å². The van der Waals surface area contributed by atoms with Crippen molar-refractivity contribution in [3.63, 3.8) is 0 Å². The minimum atomic E-state index is -4.38. The van der Waals surface area contributed by atoms with E-state index >= 15 is 0 Å². The van der Waals surface area contributed by atoms with Gasteiger partial charge in [-0.25, -0.2) is 0 Å². The molecule has 9 heteroatoms. The van der Waals surface area contributed by atoms with Crippen LogP contribution in [-0.4, -0.2) is 51.4 Å². The number of amides is 2. The lowest BCUT2D eigenvalue weighted by molar-refractivity contribution is -0.145. The zero-order chi connectivity index (χ0) is 20.5. The Balaban J connectivity index is 1.58. The molecule has 3 rings (SSSR count). The number of aromatic amines is 1. The van der Waals surface area contributed by atoms with Gasteiger partial charge in [0.15, 0.2) is 0 Å². The van der Waals surface area contributed by atoms with Crippen LogP contribution in [0.1, 0.15) is 28.1 Å². The van der Waals surface area contributed by atoms with Crippen LogP contribution in [0.4, 0.5) is 13.2 Å². The summed E-state index contributed by atoms with van der Waals surface area (Å²) in [4.78, 5) is 28.0. The van der Waals surface area contributed by atoms with Crippen molar-refractivity contribution in [2.75, 3.05) is 19.6 Å². The number of H-pyrrole nitrogens is 1. The van der Waals surface area contributed by atoms with Gasteiger partial charge in [0.25, 0.3) is 0 Å². The molecule has 0 radical (unpaired) electrons. The number of aryl methyl sites for hydroxylation is 2. The Morgan fingerprint density at radius 3 is 2.39 bits per heavy atom. The second-order valence-corrected chi connectivity index (χ2v) is 6.91. The number of aromatic nitrogens is 2. The third kappa shape index (κ3) is 4.35. The molecule has 1 N–H and O–H groups in total. The van der Waals surface area contributed by atoms with E-state index < -0.39 is 11.7 Å². The third-order valence-corrected chi connectivity index (χ3v) is 4.93. The molecule has 0 atom stereocenters. The van der Waals surface area contributed by atoms with Crippen LogP contribution in [0.3, 0.4) is 0 Å². The first kappa shape index (κ1) is 19.9. The van der Waals surface area contributed by atoms with E-state index in [1.54, 1.807) is 4.90 Å². The van der Waals surface area contributed by atoms with Gasteiger partial charge in [0.1, 0.15) is 0 Å². The first-order chi connectivity index (χ1) is 13.1. The van der Waals surface area contributed by atoms with Gasteiger partial charge in [-0.15, -0.1) is 0 Å². The van der Waals surface area contributed by atoms with Gasteiger partial charge < -0.3 is 9.80 Å². The molecule has 1 aliphatic heterocycles. The summed E-state index contributed by atoms with van der Waals surface area (Å²) in [5.74, 6) is -0.365. The molecule has 0 spiro atoms. The van der Waals surface area contributed by atoms with E-state index in [0.29, 0.717) is 18.7 Å². The molecule has 2 aromatic rings. The summed E-state index contributed by atoms with van der Waals surface area (Å²) in [7, 11) is 0. The molecule has 1 aliphatic rings. The Kier molecular flexibility index (Phi) is 5.44. The van der Waals surface area contributed by atoms with Gasteiger partial charge in [-0.3, -0.25) is 14.7 Å². The Morgan fingerprint density at radius 2 is 1.86 bits per heavy atom. The fraction of sp³-hybridized carbons (Fsp3) is 0.421. The second kappa shape index (κ2) is 7.65. The Bertz CT molecular complexity index is 855. The summed E-state index contributed by atoms with van der Waals surface area (Å²) >= 11 is 0. The number of halogens is 3. The van der Waals surface area contributed by atoms with E-state index in [1.165, 1.54) is 17.0 Å². The fourth-order valence-electron chi connectivity index (χ4n) is 3.21. The maximum absolute atomic E-state index is 12.6. The highest BCUT2D eigenvalue weighted by atomic mass is 19.4. The van der Waals surface area contributed by atoms with E-state index in [9.17, 15) is 22.8 Å². The third-order valence-electron chi connectivity index (χ3n) is 4.93. The highest BCUT2D eigenvalue weighted by molar-refractivity contribution is 5.87. The number of nitrogens with zero attached hydrogens (tertiary/aromatic N) is 3. The maximum Gasteiger partial charge on any atom is 0.416 e. The number of hydrogen-bond donors (Lipinski definition) is 1. The summed E-state index contributed by atoms with van der Waals surface area (Å²) < 4.78 is 37.9. The standard InChI is InChI=1S/C19H21F3N4O2/c1-12-16(13(2)24-23-12)9-17(27)26-8-7-25(18(28)11-26)10-14-3-5-15(6-4-14)19(20,21)22/h3-6H,7-11H2,1-2H3,(H,23,24). The van der Waals surface area contributed by atoms with E-state index in [1.807, 2.05) is 13.8 Å². The number of nitrogens with one attached hydrogen (secondary N) is 1. The second-order valence-electron chi connectivity index (χ2n) is 6.91. The summed E-state index contributed by atoms with van der Waals surface area (Å²) in [6.45, 7) is 4.58. The molecule has 1 aromatic heterocycles. The number of piperazine rings is 1. The SMILES string of the molecule is Cc1n[nH]c(C)c1CC(=O)N1CCN(Cc2ccc(C(F)(F)F)cc2)C(=O)C1. The topological polar surface area (TPSA) is 69.3 Å². The smallest absolute Gasteiger partial charge is 0.335 e. The van der Waals surface area contributed by atoms with Crippen molar-refractivity contribution < 1.29 is 22.8 Å². The van der Waals surface area contributed by atoms with Gasteiger partial charge in [-0.1, -0.05) is 12.1 Å². The van der Waals surface area contributed by atoms with Crippen LogP contribution in [0, 0.1) is 13.8 Å². The Labute approximate surface area is 160 Å². The summed E-state index contributed by atoms with van der Waals surface area (Å²) in [5, 5.41) is 6.90. The van der Waals surface area contributed by atoms with E-state index in [2.05, 4.69) is 10.2 Å². The lowest BCUT2D eigenvalue weighted by atomic mass is 10.1. The number of carbonyl (C=O) groups is 2. The molecule has 0 unspecified atom stereocenters. The predicted molar refractivity (Wildman–Crippen MR) is 95.2 cm³/mol. The normalized spacial score (nSPS) is 15.2. The number of rotatable bonds is 4. The maximum atomic E-state index is 12.6. The number of alkyl halides is 3. The lowest BCUT2D eigenvalue weighted by Crippen LogP contribution is -2.52. The largest absolute Gasteiger partial charge is 0.416 e. The zero-order valence-corrected chi connectivity index (χ0v) is 15.6. The molecular weight excluding hydrogens is 373 g/mol. The monoisotopic (exact) mass is 394 g/mol. The van der Waals surface area contributed by atoms with E-state index in [-0.39, 0.29) is 31.3 Å². The van der Waals surface area contributed by atoms with Crippen molar-refractivity contribution in [3.05, 3.63) is 52.3 Å². The Morgan fingerprint density at radius 1 is 1.18 bits per heavy atom. The van der Waals surface area contributed by atoms with E-state index in [0.717, 1.165) is 29.1 Å². The van der Waals surface area contributed by atoms with Gasteiger partial charge in [0, 0.05) is 30.9 Å². The summed E-state index contributed by atoms with van der Waals surface area (Å²) in [5.41, 5.74) is 2.33. The van der Waals surface area contributed by atoms with Gasteiger partial charge in [0.2, 0.25) is 11.8 Å². The van der Waals surface area contributed by atoms with Gasteiger partial charge >= 0.3 is 6.18 Å². The van der Waals surface area contributed by atoms with Crippen molar-refractivity contribution in [2.45, 2.75) is 33.0 Å². The van der Waals surface area contributed by atoms with Crippen molar-refractivity contribution in [2.24, 2.45) is 0 Å². The van der Waals surface area contributed by atoms with Gasteiger partial charge in [-0.2, -0.15) is 18.3 Å². The number of carbonyl (C=O) groups excluding carboxylic acids is 2. The lowest BCUT2D eigenvalue weighted by Gasteiger charge is -2.34. The van der Waals surface area contributed by atoms with Crippen LogP contribution in [-0.2, 0) is 28.7 Å². The number of benzene rings is 1. The highest BCUT2D eigenvalue weighted by Crippen LogP contribution is 2.29. The number of hydrogen-bond acceptors (Lipinski definition) is 3. The minimum Gasteiger partial charge on any atom is -0.335 e. The van der Waals surface area contributed by atoms with Crippen molar-refractivity contribution in [1.82, 2.24) is 20.0 Å². The fourth-order valence-corrected chi connectivity index (χ4v) is 3.21. The van der Waals surface area contributed by atoms with Crippen LogP contribution >= 0.6 is 0 Å². The quantitative estimate of drug-likeness (QED) is 0.866. The first-order valence-corrected chi connectivity index (χ1v) is 8.87. The molecule has 0 aliphatic carbocycles. The minimum absolute atomic E-state index is 0.0323. The highest BCUT2D eigenvalue weighted by Gasteiger charge is 2.31. The molecule has 6 nitrogen and oxygen atoms in total. The van der Waals surface area contributed by atoms with Crippen molar-refractivity contribution in [1.29, 1.82) is 0 Å². The molecule has 2 heterocycles. The van der Waals surface area contributed by atoms with Crippen molar-refractivity contribution in [3.8, 4) is 0 Å². The average molecular weight is 394 g/mol. The predicted octanol–water partition coefficient (Wildman–Crippen LogP) is 2.46. The van der Waals surface area contributed by atoms with Crippen LogP contribution < -0.4 is 0 Å². The molecule has 2 amide bonds. The first-order valence-electron chi connectivity index (χ1n) is 8.87. The Hall–Kier alpha value is -2.84. The van der Waals surface area contributed by atoms with Crippen LogP contribution in [0.15, 0.2) is 24.3 Å². The molecule has 28 heavy (non-hydrogen) atoms. The average Bonchev–Trinajstić information content (AvgIpc) is 2.95. The molecule has 1 saturated heterocycles. The molecule has 1 fully saturated rings. The van der Waals surface area contributed by atoms with Crippen LogP contribution in [0.25, 0.3) is 0 Å². The van der Waals surface area contributed by atoms with Crippen LogP contribution in [0.5, 0.6) is 0 Å². The molecule has 0 bridgehead atoms.